The molecule has 4 rings (SSSR count). The molecule has 5 heteroatoms. The van der Waals surface area contributed by atoms with E-state index in [0.29, 0.717) is 6.54 Å². The van der Waals surface area contributed by atoms with Crippen LogP contribution < -0.4 is 9.80 Å². The van der Waals surface area contributed by atoms with Gasteiger partial charge in [0.2, 0.25) is 5.96 Å². The number of guanidine groups is 1. The summed E-state index contributed by atoms with van der Waals surface area (Å²) >= 11 is 0. The average molecular weight is 318 g/mol. The highest BCUT2D eigenvalue weighted by Crippen LogP contribution is 2.39. The van der Waals surface area contributed by atoms with E-state index >= 15 is 0 Å². The number of hydrogen-bond donors (Lipinski definition) is 0. The molecule has 2 heterocycles. The predicted octanol–water partition coefficient (Wildman–Crippen LogP) is 3.83. The molecule has 114 valence electrons. The lowest BCUT2D eigenvalue weighted by Gasteiger charge is -2.26. The Hall–Kier alpha value is -2.07. The molecule has 0 unspecified atom stereocenters. The number of anilines is 2. The minimum Gasteiger partial charge on any atom is -0.310 e. The summed E-state index contributed by atoms with van der Waals surface area (Å²) in [6.07, 6.45) is 1.08. The lowest BCUT2D eigenvalue weighted by atomic mass is 10.2. The van der Waals surface area contributed by atoms with Crippen molar-refractivity contribution in [2.45, 2.75) is 13.0 Å². The van der Waals surface area contributed by atoms with Crippen LogP contribution in [0.2, 0.25) is 0 Å². The van der Waals surface area contributed by atoms with E-state index in [2.05, 4.69) is 33.0 Å². The molecule has 2 aromatic carbocycles. The van der Waals surface area contributed by atoms with E-state index < -0.39 is 0 Å². The first-order chi connectivity index (χ1) is 10.3. The van der Waals surface area contributed by atoms with Gasteiger partial charge in [-0.2, -0.15) is 0 Å². The smallest absolute Gasteiger partial charge is 0.206 e. The van der Waals surface area contributed by atoms with Gasteiger partial charge in [-0.15, -0.1) is 12.4 Å². The predicted molar refractivity (Wildman–Crippen MR) is 90.5 cm³/mol. The van der Waals surface area contributed by atoms with Gasteiger partial charge in [0.05, 0.1) is 17.9 Å². The van der Waals surface area contributed by atoms with E-state index in [1.165, 1.54) is 11.8 Å². The largest absolute Gasteiger partial charge is 0.310 e. The van der Waals surface area contributed by atoms with E-state index in [4.69, 9.17) is 0 Å². The van der Waals surface area contributed by atoms with E-state index in [-0.39, 0.29) is 18.2 Å². The Kier molecular flexibility index (Phi) is 4.03. The van der Waals surface area contributed by atoms with Crippen LogP contribution in [-0.2, 0) is 6.54 Å². The molecular formula is C17H17ClFN3. The van der Waals surface area contributed by atoms with Crippen molar-refractivity contribution in [2.24, 2.45) is 4.99 Å². The molecule has 0 spiro atoms. The van der Waals surface area contributed by atoms with Gasteiger partial charge in [-0.3, -0.25) is 4.99 Å². The Labute approximate surface area is 135 Å². The van der Waals surface area contributed by atoms with Crippen molar-refractivity contribution >= 4 is 29.7 Å². The van der Waals surface area contributed by atoms with E-state index in [0.717, 1.165) is 36.7 Å². The molecule has 2 aromatic rings. The van der Waals surface area contributed by atoms with Crippen LogP contribution in [0.15, 0.2) is 53.5 Å². The van der Waals surface area contributed by atoms with Gasteiger partial charge in [0.15, 0.2) is 0 Å². The Morgan fingerprint density at radius 3 is 2.68 bits per heavy atom. The van der Waals surface area contributed by atoms with Gasteiger partial charge in [0, 0.05) is 13.1 Å². The normalized spacial score (nSPS) is 15.8. The fraction of sp³-hybridized carbons (Fsp3) is 0.235. The Balaban J connectivity index is 0.00000144. The van der Waals surface area contributed by atoms with Gasteiger partial charge in [-0.05, 0) is 36.2 Å². The molecule has 0 radical (unpaired) electrons. The van der Waals surface area contributed by atoms with Gasteiger partial charge in [0.1, 0.15) is 5.82 Å². The maximum absolute atomic E-state index is 13.4. The zero-order valence-electron chi connectivity index (χ0n) is 12.1. The van der Waals surface area contributed by atoms with Crippen molar-refractivity contribution in [3.05, 3.63) is 59.9 Å². The van der Waals surface area contributed by atoms with Crippen molar-refractivity contribution < 1.29 is 4.39 Å². The third kappa shape index (κ3) is 2.44. The van der Waals surface area contributed by atoms with Crippen molar-refractivity contribution in [1.29, 1.82) is 0 Å². The number of para-hydroxylation sites is 2. The van der Waals surface area contributed by atoms with E-state index in [1.54, 1.807) is 12.1 Å². The molecule has 0 N–H and O–H groups in total. The SMILES string of the molecule is Cl.Fc1cccc(CN2C3=NCCCN3c3ccccc32)c1. The van der Waals surface area contributed by atoms with Gasteiger partial charge >= 0.3 is 0 Å². The summed E-state index contributed by atoms with van der Waals surface area (Å²) in [5.41, 5.74) is 3.31. The van der Waals surface area contributed by atoms with Crippen molar-refractivity contribution in [3.63, 3.8) is 0 Å². The van der Waals surface area contributed by atoms with Gasteiger partial charge in [-0.25, -0.2) is 4.39 Å². The first-order valence-electron chi connectivity index (χ1n) is 7.26. The van der Waals surface area contributed by atoms with Crippen LogP contribution in [0, 0.1) is 5.82 Å². The molecule has 2 aliphatic heterocycles. The third-order valence-corrected chi connectivity index (χ3v) is 3.97. The van der Waals surface area contributed by atoms with Crippen LogP contribution in [0.1, 0.15) is 12.0 Å². The molecule has 2 aliphatic rings. The Morgan fingerprint density at radius 1 is 1.05 bits per heavy atom. The fourth-order valence-corrected chi connectivity index (χ4v) is 3.05. The number of rotatable bonds is 2. The van der Waals surface area contributed by atoms with Crippen LogP contribution >= 0.6 is 12.4 Å². The van der Waals surface area contributed by atoms with Gasteiger partial charge < -0.3 is 9.80 Å². The minimum absolute atomic E-state index is 0. The molecular weight excluding hydrogens is 301 g/mol. The summed E-state index contributed by atoms with van der Waals surface area (Å²) < 4.78 is 13.4. The molecule has 22 heavy (non-hydrogen) atoms. The molecule has 0 fully saturated rings. The molecule has 0 saturated carbocycles. The second kappa shape index (κ2) is 5.97. The highest BCUT2D eigenvalue weighted by atomic mass is 35.5. The van der Waals surface area contributed by atoms with E-state index in [9.17, 15) is 4.39 Å². The number of aliphatic imine (C=N–C) groups is 1. The van der Waals surface area contributed by atoms with Crippen molar-refractivity contribution in [2.75, 3.05) is 22.9 Å². The molecule has 0 aromatic heterocycles. The molecule has 3 nitrogen and oxygen atoms in total. The quantitative estimate of drug-likeness (QED) is 0.838. The lowest BCUT2D eigenvalue weighted by Crippen LogP contribution is -2.41. The summed E-state index contributed by atoms with van der Waals surface area (Å²) in [7, 11) is 0. The third-order valence-electron chi connectivity index (χ3n) is 3.97. The molecule has 0 bridgehead atoms. The monoisotopic (exact) mass is 317 g/mol. The summed E-state index contributed by atoms with van der Waals surface area (Å²) in [5.74, 6) is 0.800. The van der Waals surface area contributed by atoms with Crippen LogP contribution in [0.5, 0.6) is 0 Å². The Bertz CT molecular complexity index is 717. The number of fused-ring (bicyclic) bond motifs is 3. The highest BCUT2D eigenvalue weighted by molar-refractivity contribution is 6.16. The minimum atomic E-state index is -0.192. The highest BCUT2D eigenvalue weighted by Gasteiger charge is 2.33. The van der Waals surface area contributed by atoms with E-state index in [1.807, 2.05) is 12.1 Å². The zero-order chi connectivity index (χ0) is 14.2. The van der Waals surface area contributed by atoms with Gasteiger partial charge in [-0.1, -0.05) is 24.3 Å². The number of hydrogen-bond acceptors (Lipinski definition) is 3. The second-order valence-corrected chi connectivity index (χ2v) is 5.39. The summed E-state index contributed by atoms with van der Waals surface area (Å²) in [6, 6.07) is 15.1. The van der Waals surface area contributed by atoms with Crippen LogP contribution in [0.4, 0.5) is 15.8 Å². The number of benzene rings is 2. The van der Waals surface area contributed by atoms with Crippen molar-refractivity contribution in [3.8, 4) is 0 Å². The maximum Gasteiger partial charge on any atom is 0.206 e. The molecule has 0 saturated heterocycles. The van der Waals surface area contributed by atoms with Crippen LogP contribution in [0.25, 0.3) is 0 Å². The summed E-state index contributed by atoms with van der Waals surface area (Å²) in [5, 5.41) is 0. The first kappa shape index (κ1) is 14.9. The van der Waals surface area contributed by atoms with Gasteiger partial charge in [0.25, 0.3) is 0 Å². The van der Waals surface area contributed by atoms with Crippen LogP contribution in [-0.4, -0.2) is 19.0 Å². The fourth-order valence-electron chi connectivity index (χ4n) is 3.05. The average Bonchev–Trinajstić information content (AvgIpc) is 2.83. The number of nitrogens with zero attached hydrogens (tertiary/aromatic N) is 3. The molecule has 0 aliphatic carbocycles. The topological polar surface area (TPSA) is 18.8 Å². The Morgan fingerprint density at radius 2 is 1.86 bits per heavy atom. The van der Waals surface area contributed by atoms with Crippen LogP contribution in [0.3, 0.4) is 0 Å². The zero-order valence-corrected chi connectivity index (χ0v) is 12.9. The maximum atomic E-state index is 13.4. The first-order valence-corrected chi connectivity index (χ1v) is 7.26. The standard InChI is InChI=1S/C17H16FN3.ClH/c18-14-6-3-5-13(11-14)12-21-16-8-2-1-7-15(16)20-10-4-9-19-17(20)21;/h1-3,5-8,11H,4,9-10,12H2;1H. The lowest BCUT2D eigenvalue weighted by molar-refractivity contribution is 0.625. The molecule has 0 amide bonds. The molecule has 0 atom stereocenters. The van der Waals surface area contributed by atoms with Crippen molar-refractivity contribution in [1.82, 2.24) is 0 Å². The summed E-state index contributed by atoms with van der Waals surface area (Å²) in [6.45, 7) is 2.50. The number of halogens is 2. The summed E-state index contributed by atoms with van der Waals surface area (Å²) in [4.78, 5) is 9.13. The second-order valence-electron chi connectivity index (χ2n) is 5.39.